The van der Waals surface area contributed by atoms with Crippen LogP contribution in [0.1, 0.15) is 54.6 Å². The summed E-state index contributed by atoms with van der Waals surface area (Å²) in [7, 11) is 0. The van der Waals surface area contributed by atoms with Crippen molar-refractivity contribution in [3.8, 4) is 5.69 Å². The van der Waals surface area contributed by atoms with Crippen LogP contribution >= 0.6 is 23.4 Å². The van der Waals surface area contributed by atoms with Crippen molar-refractivity contribution >= 4 is 40.0 Å². The first-order chi connectivity index (χ1) is 16.4. The van der Waals surface area contributed by atoms with Crippen molar-refractivity contribution in [2.75, 3.05) is 5.75 Å². The van der Waals surface area contributed by atoms with Gasteiger partial charge in [-0.3, -0.25) is 14.2 Å². The molecule has 1 unspecified atom stereocenters. The normalized spacial score (nSPS) is 12.1. The molecule has 3 aromatic carbocycles. The average Bonchev–Trinajstić information content (AvgIpc) is 2.86. The van der Waals surface area contributed by atoms with Crippen LogP contribution in [0, 0.1) is 0 Å². The number of aromatic nitrogens is 2. The number of halogens is 1. The van der Waals surface area contributed by atoms with Crippen LogP contribution in [0.25, 0.3) is 16.6 Å². The Morgan fingerprint density at radius 1 is 1.03 bits per heavy atom. The molecule has 0 aliphatic heterocycles. The van der Waals surface area contributed by atoms with E-state index in [0.29, 0.717) is 32.6 Å². The Bertz CT molecular complexity index is 1380. The molecular formula is C28H27ClN2O2S. The highest BCUT2D eigenvalue weighted by Gasteiger charge is 2.16. The lowest BCUT2D eigenvalue weighted by Crippen LogP contribution is -2.22. The van der Waals surface area contributed by atoms with E-state index >= 15 is 0 Å². The van der Waals surface area contributed by atoms with Gasteiger partial charge < -0.3 is 0 Å². The van der Waals surface area contributed by atoms with Gasteiger partial charge >= 0.3 is 0 Å². The first-order valence-corrected chi connectivity index (χ1v) is 12.8. The van der Waals surface area contributed by atoms with Crippen LogP contribution in [0.15, 0.2) is 76.7 Å². The fourth-order valence-corrected chi connectivity index (χ4v) is 4.86. The molecule has 4 rings (SSSR count). The van der Waals surface area contributed by atoms with Gasteiger partial charge in [-0.1, -0.05) is 80.5 Å². The Labute approximate surface area is 209 Å². The molecule has 0 spiro atoms. The van der Waals surface area contributed by atoms with Crippen molar-refractivity contribution in [2.45, 2.75) is 44.7 Å². The zero-order valence-electron chi connectivity index (χ0n) is 19.5. The topological polar surface area (TPSA) is 52.0 Å². The molecule has 0 bridgehead atoms. The van der Waals surface area contributed by atoms with Crippen LogP contribution in [-0.4, -0.2) is 21.1 Å². The number of benzene rings is 3. The van der Waals surface area contributed by atoms with Gasteiger partial charge in [0.1, 0.15) is 0 Å². The molecule has 0 aliphatic rings. The zero-order valence-corrected chi connectivity index (χ0v) is 21.1. The number of rotatable bonds is 8. The van der Waals surface area contributed by atoms with Gasteiger partial charge in [-0.25, -0.2) is 4.98 Å². The molecule has 0 saturated carbocycles. The summed E-state index contributed by atoms with van der Waals surface area (Å²) in [6.07, 6.45) is 1.97. The monoisotopic (exact) mass is 490 g/mol. The maximum atomic E-state index is 13.5. The van der Waals surface area contributed by atoms with E-state index in [1.165, 1.54) is 22.9 Å². The average molecular weight is 491 g/mol. The molecule has 6 heteroatoms. The van der Waals surface area contributed by atoms with Gasteiger partial charge in [0.2, 0.25) is 0 Å². The van der Waals surface area contributed by atoms with Crippen LogP contribution in [0.2, 0.25) is 5.02 Å². The Hall–Kier alpha value is -2.89. The van der Waals surface area contributed by atoms with Gasteiger partial charge in [-0.05, 0) is 60.2 Å². The van der Waals surface area contributed by atoms with Crippen molar-refractivity contribution in [3.05, 3.63) is 98.8 Å². The van der Waals surface area contributed by atoms with Crippen molar-refractivity contribution in [3.63, 3.8) is 0 Å². The Morgan fingerprint density at radius 3 is 2.38 bits per heavy atom. The standard InChI is InChI=1S/C28H27ClN2O2S/c1-4-18(3)20-10-13-23(14-11-20)31-27(33)24-15-12-22(29)16-25(24)30-28(31)34-17-26(32)21-8-6-19(5-2)7-9-21/h6-16,18H,4-5,17H2,1-3H3. The second-order valence-electron chi connectivity index (χ2n) is 8.36. The molecule has 1 atom stereocenters. The summed E-state index contributed by atoms with van der Waals surface area (Å²) < 4.78 is 1.59. The summed E-state index contributed by atoms with van der Waals surface area (Å²) in [5.41, 5.74) is 4.13. The predicted molar refractivity (Wildman–Crippen MR) is 142 cm³/mol. The number of nitrogens with zero attached hydrogens (tertiary/aromatic N) is 2. The third kappa shape index (κ3) is 5.11. The maximum absolute atomic E-state index is 13.5. The number of carbonyl (C=O) groups is 1. The molecule has 174 valence electrons. The molecule has 1 heterocycles. The lowest BCUT2D eigenvalue weighted by Gasteiger charge is -2.15. The molecular weight excluding hydrogens is 464 g/mol. The number of hydrogen-bond donors (Lipinski definition) is 0. The van der Waals surface area contributed by atoms with Crippen LogP contribution in [0.3, 0.4) is 0 Å². The quantitative estimate of drug-likeness (QED) is 0.150. The van der Waals surface area contributed by atoms with Gasteiger partial charge in [0.25, 0.3) is 5.56 Å². The summed E-state index contributed by atoms with van der Waals surface area (Å²) in [6.45, 7) is 6.42. The highest BCUT2D eigenvalue weighted by molar-refractivity contribution is 7.99. The van der Waals surface area contributed by atoms with E-state index in [2.05, 4.69) is 32.9 Å². The lowest BCUT2D eigenvalue weighted by molar-refractivity contribution is 0.102. The van der Waals surface area contributed by atoms with E-state index in [9.17, 15) is 9.59 Å². The first-order valence-electron chi connectivity index (χ1n) is 11.5. The van der Waals surface area contributed by atoms with Crippen LogP contribution in [0.4, 0.5) is 0 Å². The summed E-state index contributed by atoms with van der Waals surface area (Å²) in [4.78, 5) is 31.1. The van der Waals surface area contributed by atoms with Crippen LogP contribution < -0.4 is 5.56 Å². The molecule has 0 radical (unpaired) electrons. The number of carbonyl (C=O) groups excluding carboxylic acids is 1. The molecule has 1 aromatic heterocycles. The minimum Gasteiger partial charge on any atom is -0.293 e. The molecule has 0 aliphatic carbocycles. The molecule has 0 N–H and O–H groups in total. The SMILES string of the molecule is CCc1ccc(C(=O)CSc2nc3cc(Cl)ccc3c(=O)n2-c2ccc(C(C)CC)cc2)cc1. The highest BCUT2D eigenvalue weighted by atomic mass is 35.5. The Kier molecular flexibility index (Phi) is 7.54. The van der Waals surface area contributed by atoms with E-state index in [1.807, 2.05) is 36.4 Å². The number of hydrogen-bond acceptors (Lipinski definition) is 4. The first kappa shape index (κ1) is 24.2. The van der Waals surface area contributed by atoms with E-state index in [-0.39, 0.29) is 17.1 Å². The predicted octanol–water partition coefficient (Wildman–Crippen LogP) is 7.09. The van der Waals surface area contributed by atoms with E-state index in [1.54, 1.807) is 22.8 Å². The zero-order chi connectivity index (χ0) is 24.2. The molecule has 0 fully saturated rings. The van der Waals surface area contributed by atoms with Gasteiger partial charge in [0.15, 0.2) is 10.9 Å². The van der Waals surface area contributed by atoms with E-state index in [0.717, 1.165) is 18.5 Å². The van der Waals surface area contributed by atoms with Crippen molar-refractivity contribution < 1.29 is 4.79 Å². The smallest absolute Gasteiger partial charge is 0.266 e. The lowest BCUT2D eigenvalue weighted by atomic mass is 9.98. The molecule has 0 amide bonds. The third-order valence-corrected chi connectivity index (χ3v) is 7.32. The highest BCUT2D eigenvalue weighted by Crippen LogP contribution is 2.26. The Balaban J connectivity index is 1.73. The second-order valence-corrected chi connectivity index (χ2v) is 9.74. The number of ketones is 1. The minimum absolute atomic E-state index is 0.00763. The largest absolute Gasteiger partial charge is 0.293 e. The fraction of sp³-hybridized carbons (Fsp3) is 0.250. The molecule has 4 nitrogen and oxygen atoms in total. The molecule has 0 saturated heterocycles. The van der Waals surface area contributed by atoms with Crippen molar-refractivity contribution in [1.29, 1.82) is 0 Å². The summed E-state index contributed by atoms with van der Waals surface area (Å²) in [6, 6.07) is 20.7. The van der Waals surface area contributed by atoms with Gasteiger partial charge in [0, 0.05) is 10.6 Å². The summed E-state index contributed by atoms with van der Waals surface area (Å²) in [5, 5.41) is 1.47. The summed E-state index contributed by atoms with van der Waals surface area (Å²) >= 11 is 7.43. The minimum atomic E-state index is -0.180. The maximum Gasteiger partial charge on any atom is 0.266 e. The fourth-order valence-electron chi connectivity index (χ4n) is 3.79. The second kappa shape index (κ2) is 10.6. The number of thioether (sulfide) groups is 1. The number of Topliss-reactive ketones (excluding diaryl/α,β-unsaturated/α-hetero) is 1. The van der Waals surface area contributed by atoms with Crippen LogP contribution in [-0.2, 0) is 6.42 Å². The molecule has 34 heavy (non-hydrogen) atoms. The van der Waals surface area contributed by atoms with Crippen LogP contribution in [0.5, 0.6) is 0 Å². The van der Waals surface area contributed by atoms with E-state index in [4.69, 9.17) is 16.6 Å². The van der Waals surface area contributed by atoms with E-state index < -0.39 is 0 Å². The van der Waals surface area contributed by atoms with Gasteiger partial charge in [0.05, 0.1) is 22.3 Å². The number of fused-ring (bicyclic) bond motifs is 1. The Morgan fingerprint density at radius 2 is 1.74 bits per heavy atom. The van der Waals surface area contributed by atoms with Gasteiger partial charge in [-0.2, -0.15) is 0 Å². The van der Waals surface area contributed by atoms with Crippen molar-refractivity contribution in [1.82, 2.24) is 9.55 Å². The van der Waals surface area contributed by atoms with Gasteiger partial charge in [-0.15, -0.1) is 0 Å². The summed E-state index contributed by atoms with van der Waals surface area (Å²) in [5.74, 6) is 0.606. The number of aryl methyl sites for hydroxylation is 1. The third-order valence-electron chi connectivity index (χ3n) is 6.15. The van der Waals surface area contributed by atoms with Crippen molar-refractivity contribution in [2.24, 2.45) is 0 Å². The molecule has 4 aromatic rings.